The van der Waals surface area contributed by atoms with Gasteiger partial charge < -0.3 is 25.8 Å². The van der Waals surface area contributed by atoms with Crippen LogP contribution in [-0.4, -0.2) is 63.6 Å². The fraction of sp³-hybridized carbons (Fsp3) is 0.552. The van der Waals surface area contributed by atoms with E-state index in [4.69, 9.17) is 14.8 Å². The number of carbonyl (C=O) groups excluding carboxylic acids is 1. The Hall–Kier alpha value is -3.17. The van der Waals surface area contributed by atoms with Crippen molar-refractivity contribution in [2.75, 3.05) is 30.4 Å². The van der Waals surface area contributed by atoms with Crippen molar-refractivity contribution in [2.24, 2.45) is 5.92 Å². The van der Waals surface area contributed by atoms with Crippen molar-refractivity contribution in [2.45, 2.75) is 76.5 Å². The van der Waals surface area contributed by atoms with Crippen molar-refractivity contribution in [3.8, 4) is 11.1 Å². The third kappa shape index (κ3) is 5.49. The minimum absolute atomic E-state index is 0.00772. The lowest BCUT2D eigenvalue weighted by atomic mass is 9.92. The van der Waals surface area contributed by atoms with Gasteiger partial charge in [0.05, 0.1) is 18.3 Å². The molecule has 1 aliphatic heterocycles. The molecule has 3 heterocycles. The Bertz CT molecular complexity index is 1300. The Morgan fingerprint density at radius 3 is 2.68 bits per heavy atom. The second-order valence-electron chi connectivity index (χ2n) is 11.1. The highest BCUT2D eigenvalue weighted by Gasteiger charge is 2.26. The SMILES string of the molecule is Cc1cc(-c2cnn3c(NCC4CCOCC4)cc(N[C@@H]4CCCC[C@@H]4O)nc23)ccc1C(=O)NC1CC1. The lowest BCUT2D eigenvalue weighted by Gasteiger charge is -2.29. The Morgan fingerprint density at radius 1 is 1.11 bits per heavy atom. The summed E-state index contributed by atoms with van der Waals surface area (Å²) in [4.78, 5) is 17.6. The van der Waals surface area contributed by atoms with Crippen LogP contribution in [0.3, 0.4) is 0 Å². The van der Waals surface area contributed by atoms with Crippen LogP contribution in [0.2, 0.25) is 0 Å². The molecule has 1 aromatic carbocycles. The van der Waals surface area contributed by atoms with Gasteiger partial charge in [0.1, 0.15) is 11.6 Å². The topological polar surface area (TPSA) is 113 Å². The van der Waals surface area contributed by atoms with Gasteiger partial charge in [0, 0.05) is 43.0 Å². The van der Waals surface area contributed by atoms with Crippen LogP contribution in [0.15, 0.2) is 30.5 Å². The molecule has 3 aromatic rings. The number of hydrogen-bond donors (Lipinski definition) is 4. The molecule has 0 bridgehead atoms. The van der Waals surface area contributed by atoms with Gasteiger partial charge in [-0.3, -0.25) is 4.79 Å². The van der Waals surface area contributed by atoms with Crippen molar-refractivity contribution < 1.29 is 14.6 Å². The second-order valence-corrected chi connectivity index (χ2v) is 11.1. The van der Waals surface area contributed by atoms with Crippen LogP contribution in [0.25, 0.3) is 16.8 Å². The summed E-state index contributed by atoms with van der Waals surface area (Å²) < 4.78 is 7.39. The van der Waals surface area contributed by atoms with Crippen LogP contribution >= 0.6 is 0 Å². The van der Waals surface area contributed by atoms with E-state index in [1.807, 2.05) is 41.9 Å². The van der Waals surface area contributed by atoms with Gasteiger partial charge in [-0.1, -0.05) is 25.0 Å². The minimum Gasteiger partial charge on any atom is -0.391 e. The largest absolute Gasteiger partial charge is 0.391 e. The van der Waals surface area contributed by atoms with Crippen LogP contribution in [0.1, 0.15) is 67.3 Å². The summed E-state index contributed by atoms with van der Waals surface area (Å²) in [5, 5.41) is 25.5. The lowest BCUT2D eigenvalue weighted by Crippen LogP contribution is -2.36. The monoisotopic (exact) mass is 518 g/mol. The van der Waals surface area contributed by atoms with Gasteiger partial charge in [0.25, 0.3) is 5.91 Å². The number of aliphatic hydroxyl groups excluding tert-OH is 1. The van der Waals surface area contributed by atoms with Crippen molar-refractivity contribution in [3.05, 3.63) is 41.6 Å². The highest BCUT2D eigenvalue weighted by atomic mass is 16.5. The number of aromatic nitrogens is 3. The zero-order valence-electron chi connectivity index (χ0n) is 22.1. The van der Waals surface area contributed by atoms with Gasteiger partial charge in [0.15, 0.2) is 5.65 Å². The number of ether oxygens (including phenoxy) is 1. The number of amides is 1. The van der Waals surface area contributed by atoms with Crippen molar-refractivity contribution in [3.63, 3.8) is 0 Å². The van der Waals surface area contributed by atoms with Gasteiger partial charge in [-0.15, -0.1) is 0 Å². The molecule has 1 saturated heterocycles. The smallest absolute Gasteiger partial charge is 0.251 e. The number of aliphatic hydroxyl groups is 1. The summed E-state index contributed by atoms with van der Waals surface area (Å²) in [5.41, 5.74) is 4.25. The number of nitrogens with zero attached hydrogens (tertiary/aromatic N) is 3. The van der Waals surface area contributed by atoms with Crippen molar-refractivity contribution >= 4 is 23.2 Å². The highest BCUT2D eigenvalue weighted by Crippen LogP contribution is 2.31. The molecule has 0 radical (unpaired) electrons. The van der Waals surface area contributed by atoms with E-state index in [1.165, 1.54) is 0 Å². The fourth-order valence-electron chi connectivity index (χ4n) is 5.61. The molecule has 0 unspecified atom stereocenters. The second kappa shape index (κ2) is 10.9. The van der Waals surface area contributed by atoms with E-state index in [2.05, 4.69) is 16.0 Å². The first kappa shape index (κ1) is 25.1. The van der Waals surface area contributed by atoms with Crippen LogP contribution in [0.5, 0.6) is 0 Å². The molecule has 38 heavy (non-hydrogen) atoms. The normalized spacial score (nSPS) is 22.4. The molecule has 4 N–H and O–H groups in total. The number of benzene rings is 1. The third-order valence-electron chi connectivity index (χ3n) is 8.14. The molecule has 3 fully saturated rings. The summed E-state index contributed by atoms with van der Waals surface area (Å²) in [7, 11) is 0. The van der Waals surface area contributed by atoms with Crippen LogP contribution in [0, 0.1) is 12.8 Å². The van der Waals surface area contributed by atoms with E-state index >= 15 is 0 Å². The van der Waals surface area contributed by atoms with E-state index in [0.29, 0.717) is 17.5 Å². The summed E-state index contributed by atoms with van der Waals surface area (Å²) in [6, 6.07) is 8.23. The van der Waals surface area contributed by atoms with E-state index < -0.39 is 0 Å². The molecule has 2 saturated carbocycles. The maximum atomic E-state index is 12.6. The van der Waals surface area contributed by atoms with E-state index in [0.717, 1.165) is 105 Å². The number of carbonyl (C=O) groups is 1. The third-order valence-corrected chi connectivity index (χ3v) is 8.14. The van der Waals surface area contributed by atoms with E-state index in [1.54, 1.807) is 0 Å². The number of nitrogens with one attached hydrogen (secondary N) is 3. The molecule has 9 heteroatoms. The first-order chi connectivity index (χ1) is 18.5. The maximum Gasteiger partial charge on any atom is 0.251 e. The Morgan fingerprint density at radius 2 is 1.92 bits per heavy atom. The van der Waals surface area contributed by atoms with Crippen molar-refractivity contribution in [1.82, 2.24) is 19.9 Å². The molecular formula is C29H38N6O3. The van der Waals surface area contributed by atoms with Gasteiger partial charge in [-0.25, -0.2) is 4.98 Å². The summed E-state index contributed by atoms with van der Waals surface area (Å²) in [6.45, 7) is 4.44. The standard InChI is InChI=1S/C29H38N6O3/c1-18-14-20(6-9-22(18)29(37)32-21-7-8-21)23-17-31-35-27(30-16-19-10-12-38-13-11-19)15-26(34-28(23)35)33-24-4-2-3-5-25(24)36/h6,9,14-15,17,19,21,24-25,30,36H,2-5,7-8,10-13,16H2,1H3,(H,32,37)(H,33,34)/t24-,25+/m1/s1. The van der Waals surface area contributed by atoms with Gasteiger partial charge in [0.2, 0.25) is 0 Å². The summed E-state index contributed by atoms with van der Waals surface area (Å²) in [6.07, 6.45) is 9.60. The Kier molecular flexibility index (Phi) is 7.21. The molecule has 202 valence electrons. The molecule has 9 nitrogen and oxygen atoms in total. The van der Waals surface area contributed by atoms with Crippen LogP contribution in [-0.2, 0) is 4.74 Å². The average molecular weight is 519 g/mol. The fourth-order valence-corrected chi connectivity index (χ4v) is 5.61. The van der Waals surface area contributed by atoms with Crippen LogP contribution < -0.4 is 16.0 Å². The van der Waals surface area contributed by atoms with Gasteiger partial charge in [-0.2, -0.15) is 9.61 Å². The first-order valence-corrected chi connectivity index (χ1v) is 14.1. The van der Waals surface area contributed by atoms with Crippen LogP contribution in [0.4, 0.5) is 11.6 Å². The maximum absolute atomic E-state index is 12.6. The summed E-state index contributed by atoms with van der Waals surface area (Å²) in [5.74, 6) is 2.15. The molecule has 3 aliphatic rings. The first-order valence-electron chi connectivity index (χ1n) is 14.1. The molecule has 6 rings (SSSR count). The predicted molar refractivity (Wildman–Crippen MR) is 148 cm³/mol. The highest BCUT2D eigenvalue weighted by molar-refractivity contribution is 5.97. The zero-order chi connectivity index (χ0) is 26.1. The number of anilines is 2. The van der Waals surface area contributed by atoms with E-state index in [-0.39, 0.29) is 18.1 Å². The number of fused-ring (bicyclic) bond motifs is 1. The molecule has 1 amide bonds. The zero-order valence-corrected chi connectivity index (χ0v) is 22.1. The quantitative estimate of drug-likeness (QED) is 0.354. The number of aryl methyl sites for hydroxylation is 1. The Balaban J connectivity index is 1.32. The van der Waals surface area contributed by atoms with Gasteiger partial charge in [-0.05, 0) is 68.6 Å². The molecule has 2 aromatic heterocycles. The lowest BCUT2D eigenvalue weighted by molar-refractivity contribution is 0.0699. The molecule has 2 aliphatic carbocycles. The number of hydrogen-bond acceptors (Lipinski definition) is 7. The molecule has 0 spiro atoms. The minimum atomic E-state index is -0.373. The van der Waals surface area contributed by atoms with Gasteiger partial charge >= 0.3 is 0 Å². The van der Waals surface area contributed by atoms with E-state index in [9.17, 15) is 9.90 Å². The number of rotatable bonds is 8. The predicted octanol–water partition coefficient (Wildman–Crippen LogP) is 4.15. The summed E-state index contributed by atoms with van der Waals surface area (Å²) >= 11 is 0. The molecule has 2 atom stereocenters. The molecular weight excluding hydrogens is 480 g/mol. The average Bonchev–Trinajstić information content (AvgIpc) is 3.64. The Labute approximate surface area is 223 Å². The van der Waals surface area contributed by atoms with Crippen molar-refractivity contribution in [1.29, 1.82) is 0 Å².